The van der Waals surface area contributed by atoms with Crippen molar-refractivity contribution in [2.75, 3.05) is 19.6 Å². The van der Waals surface area contributed by atoms with Gasteiger partial charge in [0.1, 0.15) is 0 Å². The van der Waals surface area contributed by atoms with Crippen molar-refractivity contribution < 1.29 is 5.11 Å². The monoisotopic (exact) mass is 153 g/mol. The minimum Gasteiger partial charge on any atom is -0.391 e. The predicted octanol–water partition coefficient (Wildman–Crippen LogP) is 0.466. The van der Waals surface area contributed by atoms with Crippen LogP contribution >= 0.6 is 0 Å². The maximum atomic E-state index is 9.37. The molecule has 1 unspecified atom stereocenters. The molecule has 1 heterocycles. The van der Waals surface area contributed by atoms with Crippen LogP contribution in [-0.2, 0) is 0 Å². The zero-order valence-electron chi connectivity index (χ0n) is 7.01. The third kappa shape index (κ3) is 2.92. The molecule has 2 nitrogen and oxygen atoms in total. The van der Waals surface area contributed by atoms with Gasteiger partial charge in [0.05, 0.1) is 6.10 Å². The molecule has 0 aromatic carbocycles. The van der Waals surface area contributed by atoms with Crippen LogP contribution in [0.3, 0.4) is 0 Å². The summed E-state index contributed by atoms with van der Waals surface area (Å²) in [7, 11) is 0. The lowest BCUT2D eigenvalue weighted by Gasteiger charge is -2.31. The maximum Gasteiger partial charge on any atom is 0.0776 e. The summed E-state index contributed by atoms with van der Waals surface area (Å²) in [5.74, 6) is 5.65. The summed E-state index contributed by atoms with van der Waals surface area (Å²) in [4.78, 5) is 2.25. The molecule has 2 heteroatoms. The third-order valence-corrected chi connectivity index (χ3v) is 1.93. The lowest BCUT2D eigenvalue weighted by atomic mass is 10.1. The molecule has 0 aromatic heterocycles. The average Bonchev–Trinajstić information content (AvgIpc) is 1.93. The second-order valence-corrected chi connectivity index (χ2v) is 2.94. The maximum absolute atomic E-state index is 9.37. The van der Waals surface area contributed by atoms with Gasteiger partial charge in [-0.05, 0) is 26.4 Å². The molecule has 0 radical (unpaired) electrons. The summed E-state index contributed by atoms with van der Waals surface area (Å²) < 4.78 is 0. The van der Waals surface area contributed by atoms with Gasteiger partial charge in [-0.3, -0.25) is 0 Å². The standard InChI is InChI=1S/C9H15NO/c1-2-3-5-9(11)8-10-6-4-7-10/h9,11H,4-8H2,1H3. The van der Waals surface area contributed by atoms with Crippen LogP contribution in [-0.4, -0.2) is 35.7 Å². The van der Waals surface area contributed by atoms with Gasteiger partial charge in [0.2, 0.25) is 0 Å². The third-order valence-electron chi connectivity index (χ3n) is 1.93. The highest BCUT2D eigenvalue weighted by Gasteiger charge is 2.16. The molecule has 0 bridgehead atoms. The highest BCUT2D eigenvalue weighted by atomic mass is 16.3. The molecule has 1 rings (SSSR count). The van der Waals surface area contributed by atoms with Gasteiger partial charge in [0, 0.05) is 13.0 Å². The smallest absolute Gasteiger partial charge is 0.0776 e. The Bertz CT molecular complexity index is 164. The van der Waals surface area contributed by atoms with Crippen LogP contribution in [0.2, 0.25) is 0 Å². The van der Waals surface area contributed by atoms with E-state index in [1.54, 1.807) is 6.92 Å². The highest BCUT2D eigenvalue weighted by molar-refractivity contribution is 4.97. The summed E-state index contributed by atoms with van der Waals surface area (Å²) in [5.41, 5.74) is 0. The summed E-state index contributed by atoms with van der Waals surface area (Å²) in [6, 6.07) is 0. The molecular weight excluding hydrogens is 138 g/mol. The molecule has 1 N–H and O–H groups in total. The van der Waals surface area contributed by atoms with Gasteiger partial charge >= 0.3 is 0 Å². The molecule has 1 aliphatic heterocycles. The van der Waals surface area contributed by atoms with Crippen LogP contribution in [0.1, 0.15) is 19.8 Å². The summed E-state index contributed by atoms with van der Waals surface area (Å²) in [6.07, 6.45) is 1.65. The van der Waals surface area contributed by atoms with Crippen molar-refractivity contribution in [1.29, 1.82) is 0 Å². The Labute approximate surface area is 68.2 Å². The van der Waals surface area contributed by atoms with Crippen LogP contribution in [0.5, 0.6) is 0 Å². The van der Waals surface area contributed by atoms with E-state index >= 15 is 0 Å². The number of rotatable bonds is 3. The van der Waals surface area contributed by atoms with Crippen molar-refractivity contribution in [3.05, 3.63) is 0 Å². The van der Waals surface area contributed by atoms with E-state index in [1.165, 1.54) is 6.42 Å². The van der Waals surface area contributed by atoms with Gasteiger partial charge < -0.3 is 10.0 Å². The Kier molecular flexibility index (Phi) is 3.41. The van der Waals surface area contributed by atoms with Gasteiger partial charge in [-0.1, -0.05) is 0 Å². The van der Waals surface area contributed by atoms with E-state index in [0.717, 1.165) is 19.6 Å². The SMILES string of the molecule is CC#CCC(O)CN1CCC1. The summed E-state index contributed by atoms with van der Waals surface area (Å²) in [5, 5.41) is 9.37. The number of likely N-dealkylation sites (tertiary alicyclic amines) is 1. The van der Waals surface area contributed by atoms with E-state index in [1.807, 2.05) is 0 Å². The lowest BCUT2D eigenvalue weighted by molar-refractivity contribution is 0.0819. The first kappa shape index (κ1) is 8.58. The van der Waals surface area contributed by atoms with Crippen molar-refractivity contribution in [2.45, 2.75) is 25.9 Å². The number of nitrogens with zero attached hydrogens (tertiary/aromatic N) is 1. The van der Waals surface area contributed by atoms with E-state index in [2.05, 4.69) is 16.7 Å². The fourth-order valence-electron chi connectivity index (χ4n) is 1.15. The molecule has 0 spiro atoms. The molecule has 0 saturated carbocycles. The molecule has 0 amide bonds. The van der Waals surface area contributed by atoms with Crippen LogP contribution in [0, 0.1) is 11.8 Å². The van der Waals surface area contributed by atoms with Crippen molar-refractivity contribution >= 4 is 0 Å². The molecule has 1 atom stereocenters. The minimum atomic E-state index is -0.247. The summed E-state index contributed by atoms with van der Waals surface area (Å²) >= 11 is 0. The van der Waals surface area contributed by atoms with Crippen molar-refractivity contribution in [3.63, 3.8) is 0 Å². The Morgan fingerprint density at radius 1 is 1.55 bits per heavy atom. The Hall–Kier alpha value is -0.520. The van der Waals surface area contributed by atoms with E-state index < -0.39 is 0 Å². The van der Waals surface area contributed by atoms with Gasteiger partial charge in [-0.15, -0.1) is 11.8 Å². The first-order valence-electron chi connectivity index (χ1n) is 4.13. The largest absolute Gasteiger partial charge is 0.391 e. The normalized spacial score (nSPS) is 19.8. The number of hydrogen-bond donors (Lipinski definition) is 1. The lowest BCUT2D eigenvalue weighted by Crippen LogP contribution is -2.42. The van der Waals surface area contributed by atoms with Gasteiger partial charge in [0.15, 0.2) is 0 Å². The fraction of sp³-hybridized carbons (Fsp3) is 0.778. The van der Waals surface area contributed by atoms with Crippen molar-refractivity contribution in [1.82, 2.24) is 4.90 Å². The number of aliphatic hydroxyl groups is 1. The average molecular weight is 153 g/mol. The van der Waals surface area contributed by atoms with Crippen molar-refractivity contribution in [2.24, 2.45) is 0 Å². The van der Waals surface area contributed by atoms with Crippen molar-refractivity contribution in [3.8, 4) is 11.8 Å². The van der Waals surface area contributed by atoms with Gasteiger partial charge in [0.25, 0.3) is 0 Å². The van der Waals surface area contributed by atoms with Crippen LogP contribution < -0.4 is 0 Å². The molecule has 11 heavy (non-hydrogen) atoms. The molecule has 0 aliphatic carbocycles. The van der Waals surface area contributed by atoms with Crippen LogP contribution in [0.15, 0.2) is 0 Å². The minimum absolute atomic E-state index is 0.247. The van der Waals surface area contributed by atoms with Crippen LogP contribution in [0.4, 0.5) is 0 Å². The second kappa shape index (κ2) is 4.38. The number of hydrogen-bond acceptors (Lipinski definition) is 2. The van der Waals surface area contributed by atoms with E-state index in [0.29, 0.717) is 6.42 Å². The van der Waals surface area contributed by atoms with E-state index in [9.17, 15) is 5.11 Å². The van der Waals surface area contributed by atoms with E-state index in [4.69, 9.17) is 0 Å². The first-order valence-corrected chi connectivity index (χ1v) is 4.13. The zero-order chi connectivity index (χ0) is 8.10. The molecule has 1 saturated heterocycles. The Morgan fingerprint density at radius 3 is 2.73 bits per heavy atom. The molecule has 1 aliphatic rings. The van der Waals surface area contributed by atoms with Gasteiger partial charge in [-0.25, -0.2) is 0 Å². The zero-order valence-corrected chi connectivity index (χ0v) is 7.01. The highest BCUT2D eigenvalue weighted by Crippen LogP contribution is 2.06. The second-order valence-electron chi connectivity index (χ2n) is 2.94. The number of β-amino-alcohol motifs (C(OH)–C–C–N with tert-alkyl or cyclic N) is 1. The molecule has 1 fully saturated rings. The van der Waals surface area contributed by atoms with Gasteiger partial charge in [-0.2, -0.15) is 0 Å². The quantitative estimate of drug-likeness (QED) is 0.596. The fourth-order valence-corrected chi connectivity index (χ4v) is 1.15. The van der Waals surface area contributed by atoms with Crippen LogP contribution in [0.25, 0.3) is 0 Å². The molecular formula is C9H15NO. The first-order chi connectivity index (χ1) is 5.33. The predicted molar refractivity (Wildman–Crippen MR) is 45.1 cm³/mol. The Morgan fingerprint density at radius 2 is 2.27 bits per heavy atom. The molecule has 0 aromatic rings. The topological polar surface area (TPSA) is 23.5 Å². The number of aliphatic hydroxyl groups excluding tert-OH is 1. The Balaban J connectivity index is 2.07. The van der Waals surface area contributed by atoms with E-state index in [-0.39, 0.29) is 6.10 Å². The molecule has 62 valence electrons. The summed E-state index contributed by atoms with van der Waals surface area (Å²) in [6.45, 7) is 4.90.